The van der Waals surface area contributed by atoms with Gasteiger partial charge in [0.2, 0.25) is 0 Å². The molecule has 0 saturated carbocycles. The molecule has 0 amide bonds. The first-order valence-corrected chi connectivity index (χ1v) is 5.67. The summed E-state index contributed by atoms with van der Waals surface area (Å²) in [5.74, 6) is 0.764. The van der Waals surface area contributed by atoms with Gasteiger partial charge in [-0.2, -0.15) is 5.26 Å². The highest BCUT2D eigenvalue weighted by Gasteiger charge is 2.25. The van der Waals surface area contributed by atoms with Crippen LogP contribution in [0.2, 0.25) is 0 Å². The van der Waals surface area contributed by atoms with Gasteiger partial charge in [-0.1, -0.05) is 6.08 Å². The number of hydrogen-bond donors (Lipinski definition) is 0. The van der Waals surface area contributed by atoms with Crippen LogP contribution in [0.5, 0.6) is 0 Å². The molecule has 1 unspecified atom stereocenters. The molecule has 4 nitrogen and oxygen atoms in total. The minimum atomic E-state index is 0.210. The van der Waals surface area contributed by atoms with E-state index in [9.17, 15) is 0 Å². The van der Waals surface area contributed by atoms with Gasteiger partial charge in [-0.25, -0.2) is 4.98 Å². The lowest BCUT2D eigenvalue weighted by Gasteiger charge is -2.18. The molecule has 0 N–H and O–H groups in total. The molecule has 1 aliphatic heterocycles. The van der Waals surface area contributed by atoms with E-state index in [-0.39, 0.29) is 6.10 Å². The van der Waals surface area contributed by atoms with E-state index in [0.717, 1.165) is 25.3 Å². The van der Waals surface area contributed by atoms with Gasteiger partial charge >= 0.3 is 0 Å². The Bertz CT molecular complexity index is 439. The second-order valence-electron chi connectivity index (χ2n) is 3.97. The Labute approximate surface area is 101 Å². The number of anilines is 1. The maximum atomic E-state index is 9.02. The van der Waals surface area contributed by atoms with Gasteiger partial charge in [0, 0.05) is 19.3 Å². The van der Waals surface area contributed by atoms with Gasteiger partial charge in [0.1, 0.15) is 11.9 Å². The third-order valence-electron chi connectivity index (χ3n) is 2.80. The van der Waals surface area contributed by atoms with Crippen LogP contribution in [0.1, 0.15) is 12.0 Å². The average Bonchev–Trinajstić information content (AvgIpc) is 2.85. The van der Waals surface area contributed by atoms with Crippen molar-refractivity contribution in [3.63, 3.8) is 0 Å². The SMILES string of the molecule is C=CCOC1CCN(c2ncccc2C#N)C1. The van der Waals surface area contributed by atoms with E-state index in [4.69, 9.17) is 10.00 Å². The molecule has 2 rings (SSSR count). The van der Waals surface area contributed by atoms with Crippen molar-refractivity contribution in [2.75, 3.05) is 24.6 Å². The summed E-state index contributed by atoms with van der Waals surface area (Å²) < 4.78 is 5.61. The van der Waals surface area contributed by atoms with Crippen LogP contribution in [0.15, 0.2) is 31.0 Å². The van der Waals surface area contributed by atoms with Gasteiger partial charge in [0.15, 0.2) is 0 Å². The number of pyridine rings is 1. The van der Waals surface area contributed by atoms with Crippen LogP contribution < -0.4 is 4.90 Å². The molecule has 1 saturated heterocycles. The molecule has 0 aliphatic carbocycles. The lowest BCUT2D eigenvalue weighted by molar-refractivity contribution is 0.0909. The summed E-state index contributed by atoms with van der Waals surface area (Å²) in [6, 6.07) is 5.74. The molecule has 1 aromatic heterocycles. The van der Waals surface area contributed by atoms with Gasteiger partial charge in [-0.15, -0.1) is 6.58 Å². The molecule has 2 heterocycles. The highest BCUT2D eigenvalue weighted by atomic mass is 16.5. The number of rotatable bonds is 4. The first-order chi connectivity index (χ1) is 8.35. The standard InChI is InChI=1S/C13H15N3O/c1-2-8-17-12-5-7-16(10-12)13-11(9-14)4-3-6-15-13/h2-4,6,12H,1,5,7-8,10H2. The Morgan fingerprint density at radius 2 is 2.59 bits per heavy atom. The Hall–Kier alpha value is -1.86. The van der Waals surface area contributed by atoms with Crippen LogP contribution in [0.25, 0.3) is 0 Å². The van der Waals surface area contributed by atoms with E-state index in [1.54, 1.807) is 24.4 Å². The topological polar surface area (TPSA) is 49.1 Å². The Balaban J connectivity index is 2.05. The van der Waals surface area contributed by atoms with Gasteiger partial charge < -0.3 is 9.64 Å². The summed E-state index contributed by atoms with van der Waals surface area (Å²) in [5, 5.41) is 9.02. The van der Waals surface area contributed by atoms with E-state index in [0.29, 0.717) is 12.2 Å². The highest BCUT2D eigenvalue weighted by molar-refractivity contribution is 5.54. The van der Waals surface area contributed by atoms with Crippen molar-refractivity contribution in [1.29, 1.82) is 5.26 Å². The zero-order valence-electron chi connectivity index (χ0n) is 9.67. The van der Waals surface area contributed by atoms with Gasteiger partial charge in [0.05, 0.1) is 18.3 Å². The van der Waals surface area contributed by atoms with E-state index >= 15 is 0 Å². The van der Waals surface area contributed by atoms with Crippen molar-refractivity contribution >= 4 is 5.82 Å². The van der Waals surface area contributed by atoms with Crippen molar-refractivity contribution < 1.29 is 4.74 Å². The third-order valence-corrected chi connectivity index (χ3v) is 2.80. The molecule has 0 aromatic carbocycles. The van der Waals surface area contributed by atoms with Crippen LogP contribution in [-0.4, -0.2) is 30.8 Å². The van der Waals surface area contributed by atoms with Crippen molar-refractivity contribution in [2.45, 2.75) is 12.5 Å². The average molecular weight is 229 g/mol. The van der Waals surface area contributed by atoms with Crippen molar-refractivity contribution in [2.24, 2.45) is 0 Å². The Morgan fingerprint density at radius 1 is 1.71 bits per heavy atom. The Kier molecular flexibility index (Phi) is 3.73. The molecule has 17 heavy (non-hydrogen) atoms. The second-order valence-corrected chi connectivity index (χ2v) is 3.97. The highest BCUT2D eigenvalue weighted by Crippen LogP contribution is 2.22. The molecular formula is C13H15N3O. The number of aromatic nitrogens is 1. The first kappa shape index (κ1) is 11.6. The molecule has 1 aromatic rings. The summed E-state index contributed by atoms with van der Waals surface area (Å²) in [4.78, 5) is 6.38. The summed E-state index contributed by atoms with van der Waals surface area (Å²) in [5.41, 5.74) is 0.622. The summed E-state index contributed by atoms with van der Waals surface area (Å²) in [6.07, 6.45) is 4.65. The molecule has 88 valence electrons. The number of hydrogen-bond acceptors (Lipinski definition) is 4. The second kappa shape index (κ2) is 5.46. The van der Waals surface area contributed by atoms with Crippen LogP contribution in [0.4, 0.5) is 5.82 Å². The van der Waals surface area contributed by atoms with Gasteiger partial charge in [0.25, 0.3) is 0 Å². The molecule has 4 heteroatoms. The molecule has 0 bridgehead atoms. The molecular weight excluding hydrogens is 214 g/mol. The van der Waals surface area contributed by atoms with Crippen LogP contribution in [-0.2, 0) is 4.74 Å². The maximum Gasteiger partial charge on any atom is 0.146 e. The van der Waals surface area contributed by atoms with E-state index in [2.05, 4.69) is 22.5 Å². The smallest absolute Gasteiger partial charge is 0.146 e. The number of ether oxygens (including phenoxy) is 1. The lowest BCUT2D eigenvalue weighted by atomic mass is 10.2. The van der Waals surface area contributed by atoms with Crippen molar-refractivity contribution in [1.82, 2.24) is 4.98 Å². The molecule has 0 radical (unpaired) electrons. The number of nitriles is 1. The van der Waals surface area contributed by atoms with E-state index in [1.165, 1.54) is 0 Å². The monoisotopic (exact) mass is 229 g/mol. The molecule has 1 atom stereocenters. The largest absolute Gasteiger partial charge is 0.372 e. The van der Waals surface area contributed by atoms with Crippen LogP contribution >= 0.6 is 0 Å². The zero-order valence-corrected chi connectivity index (χ0v) is 9.67. The van der Waals surface area contributed by atoms with E-state index < -0.39 is 0 Å². The zero-order chi connectivity index (χ0) is 12.1. The normalized spacial score (nSPS) is 19.0. The van der Waals surface area contributed by atoms with Crippen molar-refractivity contribution in [3.05, 3.63) is 36.5 Å². The summed E-state index contributed by atoms with van der Waals surface area (Å²) in [6.45, 7) is 5.88. The van der Waals surface area contributed by atoms with Crippen LogP contribution in [0, 0.1) is 11.3 Å². The minimum absolute atomic E-state index is 0.210. The quantitative estimate of drug-likeness (QED) is 0.738. The number of nitrogens with zero attached hydrogens (tertiary/aromatic N) is 3. The lowest BCUT2D eigenvalue weighted by Crippen LogP contribution is -2.24. The predicted octanol–water partition coefficient (Wildman–Crippen LogP) is 1.73. The van der Waals surface area contributed by atoms with Gasteiger partial charge in [-0.3, -0.25) is 0 Å². The minimum Gasteiger partial charge on any atom is -0.372 e. The third kappa shape index (κ3) is 2.63. The maximum absolute atomic E-state index is 9.02. The summed E-state index contributed by atoms with van der Waals surface area (Å²) >= 11 is 0. The molecule has 0 spiro atoms. The van der Waals surface area contributed by atoms with Crippen molar-refractivity contribution in [3.8, 4) is 6.07 Å². The Morgan fingerprint density at radius 3 is 3.35 bits per heavy atom. The fourth-order valence-corrected chi connectivity index (χ4v) is 2.00. The van der Waals surface area contributed by atoms with Crippen LogP contribution in [0.3, 0.4) is 0 Å². The molecule has 1 fully saturated rings. The van der Waals surface area contributed by atoms with E-state index in [1.807, 2.05) is 0 Å². The fraction of sp³-hybridized carbons (Fsp3) is 0.385. The predicted molar refractivity (Wildman–Crippen MR) is 65.7 cm³/mol. The summed E-state index contributed by atoms with van der Waals surface area (Å²) in [7, 11) is 0. The first-order valence-electron chi connectivity index (χ1n) is 5.67. The fourth-order valence-electron chi connectivity index (χ4n) is 2.00. The molecule has 1 aliphatic rings. The van der Waals surface area contributed by atoms with Gasteiger partial charge in [-0.05, 0) is 18.6 Å².